The van der Waals surface area contributed by atoms with Crippen LogP contribution in [-0.2, 0) is 11.2 Å². The van der Waals surface area contributed by atoms with Crippen molar-refractivity contribution in [3.63, 3.8) is 0 Å². The van der Waals surface area contributed by atoms with Gasteiger partial charge < -0.3 is 19.3 Å². The molecule has 3 aromatic rings. The predicted molar refractivity (Wildman–Crippen MR) is 109 cm³/mol. The monoisotopic (exact) mass is 467 g/mol. The van der Waals surface area contributed by atoms with Crippen LogP contribution in [0.15, 0.2) is 47.0 Å². The van der Waals surface area contributed by atoms with E-state index in [4.69, 9.17) is 14.0 Å². The minimum atomic E-state index is -4.46. The van der Waals surface area contributed by atoms with Gasteiger partial charge in [0.05, 0.1) is 7.11 Å². The molecule has 0 saturated heterocycles. The molecule has 11 heteroatoms. The highest BCUT2D eigenvalue weighted by atomic mass is 19.4. The van der Waals surface area contributed by atoms with Gasteiger partial charge in [-0.25, -0.2) is 4.39 Å². The van der Waals surface area contributed by atoms with Gasteiger partial charge >= 0.3 is 6.18 Å². The average molecular weight is 467 g/mol. The first-order valence-electron chi connectivity index (χ1n) is 9.90. The van der Waals surface area contributed by atoms with E-state index in [1.165, 1.54) is 43.5 Å². The van der Waals surface area contributed by atoms with E-state index in [9.17, 15) is 22.4 Å². The number of nitrogens with zero attached hydrogens (tertiary/aromatic N) is 2. The number of nitrogens with one attached hydrogen (secondary N) is 1. The van der Waals surface area contributed by atoms with Crippen molar-refractivity contribution < 1.29 is 36.4 Å². The van der Waals surface area contributed by atoms with E-state index in [0.29, 0.717) is 17.5 Å². The number of hydrogen-bond acceptors (Lipinski definition) is 6. The number of ether oxygens (including phenoxy) is 2. The third-order valence-corrected chi connectivity index (χ3v) is 4.55. The molecule has 0 saturated carbocycles. The fraction of sp³-hybridized carbons (Fsp3) is 0.318. The molecule has 0 aliphatic carbocycles. The maximum atomic E-state index is 13.0. The van der Waals surface area contributed by atoms with Gasteiger partial charge in [-0.3, -0.25) is 4.79 Å². The second kappa shape index (κ2) is 10.3. The van der Waals surface area contributed by atoms with Crippen molar-refractivity contribution in [1.82, 2.24) is 15.5 Å². The number of halogens is 4. The first kappa shape index (κ1) is 24.0. The molecule has 0 aliphatic rings. The molecule has 0 bridgehead atoms. The number of methoxy groups -OCH3 is 1. The third kappa shape index (κ3) is 6.93. The highest BCUT2D eigenvalue weighted by molar-refractivity contribution is 5.76. The minimum Gasteiger partial charge on any atom is -0.493 e. The number of rotatable bonds is 9. The first-order valence-corrected chi connectivity index (χ1v) is 9.90. The third-order valence-electron chi connectivity index (χ3n) is 4.55. The Bertz CT molecular complexity index is 1080. The fourth-order valence-electron chi connectivity index (χ4n) is 2.91. The van der Waals surface area contributed by atoms with Crippen LogP contribution in [0.4, 0.5) is 17.6 Å². The van der Waals surface area contributed by atoms with Gasteiger partial charge in [0.15, 0.2) is 18.1 Å². The first-order chi connectivity index (χ1) is 15.6. The largest absolute Gasteiger partial charge is 0.493 e. The zero-order valence-electron chi connectivity index (χ0n) is 17.8. The number of benzene rings is 2. The molecule has 0 fully saturated rings. The van der Waals surface area contributed by atoms with E-state index in [1.54, 1.807) is 13.0 Å². The van der Waals surface area contributed by atoms with E-state index >= 15 is 0 Å². The maximum absolute atomic E-state index is 13.0. The standard InChI is InChI=1S/C22H21F4N3O4/c1-13(21-28-20(29-33-21)15-5-7-16(23)8-6-15)27-19(30)10-4-14-3-9-17(18(11-14)31-2)32-12-22(24,25)26/h3,5-9,11,13H,4,10,12H2,1-2H3,(H,27,30). The Balaban J connectivity index is 1.54. The number of amides is 1. The second-order valence-electron chi connectivity index (χ2n) is 7.14. The van der Waals surface area contributed by atoms with Crippen molar-refractivity contribution >= 4 is 5.91 Å². The molecule has 1 unspecified atom stereocenters. The summed E-state index contributed by atoms with van der Waals surface area (Å²) >= 11 is 0. The highest BCUT2D eigenvalue weighted by Gasteiger charge is 2.29. The number of carbonyl (C=O) groups excluding carboxylic acids is 1. The van der Waals surface area contributed by atoms with E-state index in [1.807, 2.05) is 0 Å². The topological polar surface area (TPSA) is 86.5 Å². The number of hydrogen-bond donors (Lipinski definition) is 1. The van der Waals surface area contributed by atoms with Crippen LogP contribution in [0.3, 0.4) is 0 Å². The van der Waals surface area contributed by atoms with Gasteiger partial charge in [0, 0.05) is 12.0 Å². The molecule has 1 aromatic heterocycles. The lowest BCUT2D eigenvalue weighted by atomic mass is 10.1. The number of alkyl halides is 3. The van der Waals surface area contributed by atoms with Crippen LogP contribution in [0.5, 0.6) is 11.5 Å². The summed E-state index contributed by atoms with van der Waals surface area (Å²) in [5.74, 6) is -0.110. The van der Waals surface area contributed by atoms with Crippen LogP contribution in [0.1, 0.15) is 30.8 Å². The minimum absolute atomic E-state index is 0.0370. The average Bonchev–Trinajstić information content (AvgIpc) is 3.27. The second-order valence-corrected chi connectivity index (χ2v) is 7.14. The van der Waals surface area contributed by atoms with Gasteiger partial charge in [-0.05, 0) is 55.3 Å². The van der Waals surface area contributed by atoms with Gasteiger partial charge in [-0.1, -0.05) is 11.2 Å². The molecule has 0 spiro atoms. The molecule has 2 aromatic carbocycles. The fourth-order valence-corrected chi connectivity index (χ4v) is 2.91. The van der Waals surface area contributed by atoms with E-state index < -0.39 is 18.8 Å². The van der Waals surface area contributed by atoms with Crippen LogP contribution < -0.4 is 14.8 Å². The summed E-state index contributed by atoms with van der Waals surface area (Å²) in [5.41, 5.74) is 1.26. The molecule has 176 valence electrons. The van der Waals surface area contributed by atoms with Gasteiger partial charge in [-0.2, -0.15) is 18.2 Å². The summed E-state index contributed by atoms with van der Waals surface area (Å²) in [7, 11) is 1.32. The smallest absolute Gasteiger partial charge is 0.422 e. The summed E-state index contributed by atoms with van der Waals surface area (Å²) in [5, 5.41) is 6.58. The van der Waals surface area contributed by atoms with Crippen molar-refractivity contribution in [2.24, 2.45) is 0 Å². The number of carbonyl (C=O) groups is 1. The van der Waals surface area contributed by atoms with Crippen LogP contribution in [0.2, 0.25) is 0 Å². The molecule has 33 heavy (non-hydrogen) atoms. The quantitative estimate of drug-likeness (QED) is 0.462. The molecule has 0 aliphatic heterocycles. The Morgan fingerprint density at radius 3 is 2.55 bits per heavy atom. The van der Waals surface area contributed by atoms with Crippen LogP contribution >= 0.6 is 0 Å². The lowest BCUT2D eigenvalue weighted by Crippen LogP contribution is -2.27. The summed E-state index contributed by atoms with van der Waals surface area (Å²) < 4.78 is 65.1. The molecule has 1 N–H and O–H groups in total. The molecule has 1 amide bonds. The Hall–Kier alpha value is -3.63. The van der Waals surface area contributed by atoms with Crippen LogP contribution in [-0.4, -0.2) is 35.9 Å². The summed E-state index contributed by atoms with van der Waals surface area (Å²) in [6, 6.07) is 9.48. The SMILES string of the molecule is COc1cc(CCC(=O)NC(C)c2nc(-c3ccc(F)cc3)no2)ccc1OCC(F)(F)F. The van der Waals surface area contributed by atoms with Crippen molar-refractivity contribution in [3.05, 3.63) is 59.7 Å². The summed E-state index contributed by atoms with van der Waals surface area (Å²) in [4.78, 5) is 16.5. The van der Waals surface area contributed by atoms with Gasteiger partial charge in [0.2, 0.25) is 17.6 Å². The molecular weight excluding hydrogens is 446 g/mol. The lowest BCUT2D eigenvalue weighted by molar-refractivity contribution is -0.153. The normalized spacial score (nSPS) is 12.3. The summed E-state index contributed by atoms with van der Waals surface area (Å²) in [6.45, 7) is 0.247. The Labute approximate surface area is 186 Å². The lowest BCUT2D eigenvalue weighted by Gasteiger charge is -2.14. The highest BCUT2D eigenvalue weighted by Crippen LogP contribution is 2.30. The Kier molecular flexibility index (Phi) is 7.52. The molecule has 3 rings (SSSR count). The zero-order chi connectivity index (χ0) is 24.0. The molecule has 1 atom stereocenters. The van der Waals surface area contributed by atoms with E-state index in [-0.39, 0.29) is 41.4 Å². The molecule has 7 nitrogen and oxygen atoms in total. The Morgan fingerprint density at radius 2 is 1.88 bits per heavy atom. The van der Waals surface area contributed by atoms with Gasteiger partial charge in [0.25, 0.3) is 0 Å². The number of aromatic nitrogens is 2. The van der Waals surface area contributed by atoms with Crippen LogP contribution in [0.25, 0.3) is 11.4 Å². The predicted octanol–water partition coefficient (Wildman–Crippen LogP) is 4.64. The van der Waals surface area contributed by atoms with Crippen molar-refractivity contribution in [1.29, 1.82) is 0 Å². The maximum Gasteiger partial charge on any atom is 0.422 e. The number of aryl methyl sites for hydroxylation is 1. The van der Waals surface area contributed by atoms with Gasteiger partial charge in [0.1, 0.15) is 11.9 Å². The molecule has 1 heterocycles. The van der Waals surface area contributed by atoms with Crippen molar-refractivity contribution in [2.75, 3.05) is 13.7 Å². The van der Waals surface area contributed by atoms with Crippen molar-refractivity contribution in [2.45, 2.75) is 32.0 Å². The van der Waals surface area contributed by atoms with Crippen molar-refractivity contribution in [3.8, 4) is 22.9 Å². The Morgan fingerprint density at radius 1 is 1.15 bits per heavy atom. The molecule has 0 radical (unpaired) electrons. The molecular formula is C22H21F4N3O4. The van der Waals surface area contributed by atoms with E-state index in [0.717, 1.165) is 0 Å². The van der Waals surface area contributed by atoms with E-state index in [2.05, 4.69) is 15.5 Å². The van der Waals surface area contributed by atoms with Crippen LogP contribution in [0, 0.1) is 5.82 Å². The zero-order valence-corrected chi connectivity index (χ0v) is 17.8. The summed E-state index contributed by atoms with van der Waals surface area (Å²) in [6.07, 6.45) is -4.04. The van der Waals surface area contributed by atoms with Gasteiger partial charge in [-0.15, -0.1) is 0 Å².